The number of aryl methyl sites for hydroxylation is 3. The van der Waals surface area contributed by atoms with Crippen molar-refractivity contribution in [1.82, 2.24) is 24.1 Å². The van der Waals surface area contributed by atoms with E-state index in [-0.39, 0.29) is 10.5 Å². The number of aromatic nitrogens is 4. The molecule has 1 aliphatic rings. The molecule has 1 fully saturated rings. The summed E-state index contributed by atoms with van der Waals surface area (Å²) in [5.74, 6) is 2.05. The monoisotopic (exact) mass is 437 g/mol. The maximum absolute atomic E-state index is 13.1. The van der Waals surface area contributed by atoms with Crippen LogP contribution in [-0.2, 0) is 10.0 Å². The van der Waals surface area contributed by atoms with Crippen LogP contribution in [0.25, 0.3) is 5.82 Å². The van der Waals surface area contributed by atoms with Crippen LogP contribution in [0.5, 0.6) is 0 Å². The number of hydrogen-bond acceptors (Lipinski definition) is 7. The lowest BCUT2D eigenvalue weighted by Crippen LogP contribution is -2.49. The fraction of sp³-hybridized carbons (Fsp3) is 0.333. The zero-order chi connectivity index (χ0) is 22.2. The Hall–Kier alpha value is -3.29. The lowest BCUT2D eigenvalue weighted by atomic mass is 10.2. The highest BCUT2D eigenvalue weighted by Gasteiger charge is 2.30. The van der Waals surface area contributed by atoms with Gasteiger partial charge in [0.1, 0.15) is 17.7 Å². The predicted octanol–water partition coefficient (Wildman–Crippen LogP) is 1.97. The van der Waals surface area contributed by atoms with E-state index in [9.17, 15) is 13.7 Å². The molecule has 0 aliphatic carbocycles. The third kappa shape index (κ3) is 4.02. The van der Waals surface area contributed by atoms with Crippen molar-refractivity contribution < 1.29 is 8.42 Å². The van der Waals surface area contributed by atoms with E-state index >= 15 is 0 Å². The highest BCUT2D eigenvalue weighted by Crippen LogP contribution is 2.23. The molecule has 1 aliphatic heterocycles. The van der Waals surface area contributed by atoms with E-state index in [1.807, 2.05) is 43.9 Å². The van der Waals surface area contributed by atoms with Crippen molar-refractivity contribution in [2.75, 3.05) is 31.1 Å². The fourth-order valence-electron chi connectivity index (χ4n) is 3.75. The van der Waals surface area contributed by atoms with Crippen LogP contribution in [0.15, 0.2) is 41.3 Å². The van der Waals surface area contributed by atoms with Gasteiger partial charge < -0.3 is 4.90 Å². The van der Waals surface area contributed by atoms with Crippen molar-refractivity contribution in [3.05, 3.63) is 59.2 Å². The van der Waals surface area contributed by atoms with Gasteiger partial charge in [-0.25, -0.2) is 23.1 Å². The Bertz CT molecular complexity index is 1270. The van der Waals surface area contributed by atoms with Gasteiger partial charge in [0.05, 0.1) is 16.2 Å². The summed E-state index contributed by atoms with van der Waals surface area (Å²) in [6, 6.07) is 12.1. The van der Waals surface area contributed by atoms with Crippen LogP contribution < -0.4 is 4.90 Å². The number of rotatable bonds is 4. The number of hydrogen-bond donors (Lipinski definition) is 0. The molecule has 0 bridgehead atoms. The van der Waals surface area contributed by atoms with Crippen LogP contribution in [0, 0.1) is 32.1 Å². The molecule has 0 saturated carbocycles. The SMILES string of the molecule is Cc1cc(C)n(-c2cc(N3CCN(S(=O)(=O)c4ccccc4C#N)CC3)nc(C)n2)n1. The second-order valence-electron chi connectivity index (χ2n) is 7.47. The van der Waals surface area contributed by atoms with E-state index in [0.29, 0.717) is 37.8 Å². The van der Waals surface area contributed by atoms with Gasteiger partial charge in [0.25, 0.3) is 0 Å². The molecule has 0 radical (unpaired) electrons. The summed E-state index contributed by atoms with van der Waals surface area (Å²) in [6.07, 6.45) is 0. The summed E-state index contributed by atoms with van der Waals surface area (Å²) in [4.78, 5) is 11.2. The number of sulfonamides is 1. The van der Waals surface area contributed by atoms with E-state index in [4.69, 9.17) is 0 Å². The Balaban J connectivity index is 1.56. The number of piperazine rings is 1. The van der Waals surface area contributed by atoms with Gasteiger partial charge in [-0.3, -0.25) is 0 Å². The minimum atomic E-state index is -3.74. The van der Waals surface area contributed by atoms with Gasteiger partial charge in [-0.05, 0) is 39.0 Å². The second kappa shape index (κ2) is 8.09. The third-order valence-corrected chi connectivity index (χ3v) is 7.18. The first-order valence-electron chi connectivity index (χ1n) is 9.93. The maximum atomic E-state index is 13.1. The quantitative estimate of drug-likeness (QED) is 0.614. The lowest BCUT2D eigenvalue weighted by molar-refractivity contribution is 0.383. The van der Waals surface area contributed by atoms with Gasteiger partial charge in [0.2, 0.25) is 10.0 Å². The van der Waals surface area contributed by atoms with Gasteiger partial charge in [-0.2, -0.15) is 14.7 Å². The Labute approximate surface area is 181 Å². The highest BCUT2D eigenvalue weighted by atomic mass is 32.2. The standard InChI is InChI=1S/C21H23N7O2S/c1-15-12-16(2)28(25-15)21-13-20(23-17(3)24-21)26-8-10-27(11-9-26)31(29,30)19-7-5-4-6-18(19)14-22/h4-7,12-13H,8-11H2,1-3H3. The Morgan fingerprint density at radius 2 is 1.65 bits per heavy atom. The van der Waals surface area contributed by atoms with Crippen molar-refractivity contribution in [2.24, 2.45) is 0 Å². The van der Waals surface area contributed by atoms with Crippen LogP contribution >= 0.6 is 0 Å². The van der Waals surface area contributed by atoms with Gasteiger partial charge in [0, 0.05) is 37.9 Å². The molecule has 0 N–H and O–H groups in total. The van der Waals surface area contributed by atoms with Gasteiger partial charge in [-0.1, -0.05) is 12.1 Å². The minimum Gasteiger partial charge on any atom is -0.354 e. The van der Waals surface area contributed by atoms with Crippen molar-refractivity contribution in [1.29, 1.82) is 5.26 Å². The summed E-state index contributed by atoms with van der Waals surface area (Å²) >= 11 is 0. The number of nitriles is 1. The molecule has 3 aromatic rings. The van der Waals surface area contributed by atoms with Crippen molar-refractivity contribution >= 4 is 15.8 Å². The van der Waals surface area contributed by atoms with Gasteiger partial charge >= 0.3 is 0 Å². The minimum absolute atomic E-state index is 0.0515. The molecule has 3 heterocycles. The molecule has 0 amide bonds. The third-order valence-electron chi connectivity index (χ3n) is 5.23. The van der Waals surface area contributed by atoms with Crippen molar-refractivity contribution in [2.45, 2.75) is 25.7 Å². The van der Waals surface area contributed by atoms with Crippen LogP contribution in [0.4, 0.5) is 5.82 Å². The normalized spacial score (nSPS) is 15.1. The van der Waals surface area contributed by atoms with E-state index < -0.39 is 10.0 Å². The molecule has 1 aromatic carbocycles. The average Bonchev–Trinajstić information content (AvgIpc) is 3.11. The van der Waals surface area contributed by atoms with Crippen LogP contribution in [0.1, 0.15) is 22.8 Å². The fourth-order valence-corrected chi connectivity index (χ4v) is 5.31. The van der Waals surface area contributed by atoms with Crippen LogP contribution in [-0.4, -0.2) is 58.7 Å². The summed E-state index contributed by atoms with van der Waals surface area (Å²) in [5, 5.41) is 13.8. The average molecular weight is 438 g/mol. The summed E-state index contributed by atoms with van der Waals surface area (Å²) in [6.45, 7) is 7.32. The molecule has 31 heavy (non-hydrogen) atoms. The van der Waals surface area contributed by atoms with Crippen molar-refractivity contribution in [3.8, 4) is 11.9 Å². The van der Waals surface area contributed by atoms with E-state index in [2.05, 4.69) is 15.1 Å². The molecule has 9 nitrogen and oxygen atoms in total. The zero-order valence-corrected chi connectivity index (χ0v) is 18.5. The first kappa shape index (κ1) is 21.0. The van der Waals surface area contributed by atoms with Gasteiger partial charge in [0.15, 0.2) is 5.82 Å². The second-order valence-corrected chi connectivity index (χ2v) is 9.38. The van der Waals surface area contributed by atoms with E-state index in [0.717, 1.165) is 17.2 Å². The van der Waals surface area contributed by atoms with E-state index in [1.165, 1.54) is 16.4 Å². The maximum Gasteiger partial charge on any atom is 0.244 e. The number of anilines is 1. The smallest absolute Gasteiger partial charge is 0.244 e. The molecule has 0 spiro atoms. The summed E-state index contributed by atoms with van der Waals surface area (Å²) < 4.78 is 29.3. The lowest BCUT2D eigenvalue weighted by Gasteiger charge is -2.35. The van der Waals surface area contributed by atoms with Crippen LogP contribution in [0.3, 0.4) is 0 Å². The molecule has 2 aromatic heterocycles. The number of benzene rings is 1. The van der Waals surface area contributed by atoms with Crippen LogP contribution in [0.2, 0.25) is 0 Å². The summed E-state index contributed by atoms with van der Waals surface area (Å²) in [5.41, 5.74) is 2.05. The molecular formula is C21H23N7O2S. The topological polar surface area (TPSA) is 108 Å². The Morgan fingerprint density at radius 3 is 2.29 bits per heavy atom. The van der Waals surface area contributed by atoms with E-state index in [1.54, 1.807) is 16.8 Å². The first-order valence-corrected chi connectivity index (χ1v) is 11.4. The highest BCUT2D eigenvalue weighted by molar-refractivity contribution is 7.89. The molecular weight excluding hydrogens is 414 g/mol. The van der Waals surface area contributed by atoms with Gasteiger partial charge in [-0.15, -0.1) is 0 Å². The Morgan fingerprint density at radius 1 is 0.968 bits per heavy atom. The van der Waals surface area contributed by atoms with Crippen molar-refractivity contribution in [3.63, 3.8) is 0 Å². The largest absolute Gasteiger partial charge is 0.354 e. The molecule has 0 unspecified atom stereocenters. The zero-order valence-electron chi connectivity index (χ0n) is 17.6. The Kier molecular flexibility index (Phi) is 5.47. The molecule has 10 heteroatoms. The summed E-state index contributed by atoms with van der Waals surface area (Å²) in [7, 11) is -3.74. The molecule has 160 valence electrons. The molecule has 1 saturated heterocycles. The molecule has 0 atom stereocenters. The first-order chi connectivity index (χ1) is 14.8. The molecule has 4 rings (SSSR count). The number of nitrogens with zero attached hydrogens (tertiary/aromatic N) is 7. The predicted molar refractivity (Wildman–Crippen MR) is 115 cm³/mol.